The highest BCUT2D eigenvalue weighted by Crippen LogP contribution is 2.12. The summed E-state index contributed by atoms with van der Waals surface area (Å²) in [7, 11) is 0. The van der Waals surface area contributed by atoms with Crippen molar-refractivity contribution in [3.63, 3.8) is 0 Å². The number of urea groups is 1. The van der Waals surface area contributed by atoms with Crippen molar-refractivity contribution in [2.75, 3.05) is 5.75 Å². The van der Waals surface area contributed by atoms with Gasteiger partial charge in [-0.2, -0.15) is 16.2 Å². The number of carbonyl (C=O) groups is 2. The Morgan fingerprint density at radius 2 is 2.32 bits per heavy atom. The number of nitrogens with one attached hydrogen (secondary N) is 2. The van der Waals surface area contributed by atoms with Gasteiger partial charge in [-0.3, -0.25) is 4.79 Å². The maximum atomic E-state index is 12.9. The van der Waals surface area contributed by atoms with Gasteiger partial charge in [-0.15, -0.1) is 0 Å². The Morgan fingerprint density at radius 1 is 1.55 bits per heavy atom. The number of hydrogen-bond acceptors (Lipinski definition) is 4. The van der Waals surface area contributed by atoms with Crippen molar-refractivity contribution in [2.24, 2.45) is 0 Å². The molecule has 0 saturated carbocycles. The van der Waals surface area contributed by atoms with Gasteiger partial charge >= 0.3 is 12.0 Å². The number of amides is 2. The molecule has 0 aliphatic rings. The lowest BCUT2D eigenvalue weighted by Gasteiger charge is -2.13. The highest BCUT2D eigenvalue weighted by atomic mass is 32.2. The number of rotatable bonds is 9. The molecule has 1 aromatic rings. The third-order valence-electron chi connectivity index (χ3n) is 2.66. The van der Waals surface area contributed by atoms with Crippen LogP contribution in [-0.2, 0) is 10.5 Å². The second-order valence-corrected chi connectivity index (χ2v) is 5.69. The smallest absolute Gasteiger partial charge is 0.315 e. The average molecular weight is 327 g/mol. The summed E-state index contributed by atoms with van der Waals surface area (Å²) in [4.78, 5) is 25.4. The van der Waals surface area contributed by atoms with Crippen LogP contribution in [0, 0.1) is 12.5 Å². The molecule has 0 bridgehead atoms. The third-order valence-corrected chi connectivity index (χ3v) is 3.60. The Hall–Kier alpha value is -1.83. The monoisotopic (exact) mass is 327 g/mol. The van der Waals surface area contributed by atoms with E-state index in [1.54, 1.807) is 19.5 Å². The van der Waals surface area contributed by atoms with Crippen molar-refractivity contribution >= 4 is 23.8 Å². The van der Waals surface area contributed by atoms with E-state index in [0.29, 0.717) is 17.9 Å². The van der Waals surface area contributed by atoms with Gasteiger partial charge in [-0.05, 0) is 31.0 Å². The normalized spacial score (nSPS) is 11.7. The molecule has 8 heteroatoms. The first-order valence-electron chi connectivity index (χ1n) is 6.76. The van der Waals surface area contributed by atoms with Crippen molar-refractivity contribution in [1.29, 1.82) is 0 Å². The van der Waals surface area contributed by atoms with Crippen LogP contribution in [-0.4, -0.2) is 33.9 Å². The Kier molecular flexibility index (Phi) is 8.27. The lowest BCUT2D eigenvalue weighted by Crippen LogP contribution is -2.40. The van der Waals surface area contributed by atoms with E-state index in [2.05, 4.69) is 15.6 Å². The highest BCUT2D eigenvalue weighted by Gasteiger charge is 2.08. The minimum atomic E-state index is -0.885. The summed E-state index contributed by atoms with van der Waals surface area (Å²) < 4.78 is 12.9. The van der Waals surface area contributed by atoms with Gasteiger partial charge in [0, 0.05) is 30.2 Å². The van der Waals surface area contributed by atoms with Gasteiger partial charge in [0.1, 0.15) is 0 Å². The first-order valence-corrected chi connectivity index (χ1v) is 7.91. The molecule has 22 heavy (non-hydrogen) atoms. The number of carboxylic acid groups (broad SMARTS) is 1. The lowest BCUT2D eigenvalue weighted by molar-refractivity contribution is -0.137. The largest absolute Gasteiger partial charge is 0.481 e. The first-order chi connectivity index (χ1) is 10.5. The van der Waals surface area contributed by atoms with E-state index in [-0.39, 0.29) is 18.5 Å². The van der Waals surface area contributed by atoms with E-state index in [1.807, 2.05) is 0 Å². The number of carbonyl (C=O) groups excluding carboxylic acids is 1. The number of aliphatic carboxylic acids is 1. The molecule has 0 aliphatic heterocycles. The van der Waals surface area contributed by atoms with Crippen molar-refractivity contribution in [1.82, 2.24) is 15.6 Å². The van der Waals surface area contributed by atoms with Crippen LogP contribution < -0.4 is 10.6 Å². The minimum absolute atomic E-state index is 0.0174. The molecule has 0 saturated heterocycles. The van der Waals surface area contributed by atoms with E-state index < -0.39 is 11.9 Å². The van der Waals surface area contributed by atoms with E-state index >= 15 is 0 Å². The van der Waals surface area contributed by atoms with Gasteiger partial charge in [0.2, 0.25) is 5.95 Å². The molecule has 0 fully saturated rings. The number of nitrogens with zero attached hydrogens (tertiary/aromatic N) is 1. The summed E-state index contributed by atoms with van der Waals surface area (Å²) in [6, 6.07) is 2.53. The van der Waals surface area contributed by atoms with Crippen LogP contribution in [0.2, 0.25) is 0 Å². The maximum Gasteiger partial charge on any atom is 0.315 e. The molecule has 0 spiro atoms. The molecule has 3 N–H and O–H groups in total. The molecule has 1 heterocycles. The molecule has 121 valence electrons. The van der Waals surface area contributed by atoms with Gasteiger partial charge in [-0.1, -0.05) is 0 Å². The van der Waals surface area contributed by atoms with Crippen LogP contribution in [0.4, 0.5) is 9.18 Å². The zero-order valence-corrected chi connectivity index (χ0v) is 13.0. The van der Waals surface area contributed by atoms with Crippen LogP contribution in [0.1, 0.15) is 25.3 Å². The second-order valence-electron chi connectivity index (χ2n) is 4.66. The SMILES string of the molecule is CC(CCC(=O)O)NC(=O)N[CH]CSCc1ccnc([18F])c1. The topological polar surface area (TPSA) is 91.3 Å². The van der Waals surface area contributed by atoms with Gasteiger partial charge in [-0.25, -0.2) is 9.78 Å². The third kappa shape index (κ3) is 8.46. The molecule has 1 rings (SSSR count). The van der Waals surface area contributed by atoms with Gasteiger partial charge in [0.25, 0.3) is 0 Å². The lowest BCUT2D eigenvalue weighted by atomic mass is 10.2. The number of halogens is 1. The summed E-state index contributed by atoms with van der Waals surface area (Å²) in [5.41, 5.74) is 0.831. The van der Waals surface area contributed by atoms with Gasteiger partial charge < -0.3 is 15.7 Å². The molecule has 1 radical (unpaired) electrons. The fourth-order valence-corrected chi connectivity index (χ4v) is 2.31. The van der Waals surface area contributed by atoms with Crippen LogP contribution in [0.15, 0.2) is 18.3 Å². The summed E-state index contributed by atoms with van der Waals surface area (Å²) in [6.45, 7) is 3.34. The average Bonchev–Trinajstić information content (AvgIpc) is 2.45. The predicted octanol–water partition coefficient (Wildman–Crippen LogP) is 2.17. The fourth-order valence-electron chi connectivity index (χ4n) is 1.58. The molecule has 0 aliphatic carbocycles. The Balaban J connectivity index is 2.08. The van der Waals surface area contributed by atoms with Crippen molar-refractivity contribution in [2.45, 2.75) is 31.6 Å². The zero-order valence-electron chi connectivity index (χ0n) is 12.2. The number of pyridine rings is 1. The molecule has 1 unspecified atom stereocenters. The van der Waals surface area contributed by atoms with E-state index in [0.717, 1.165) is 5.56 Å². The quantitative estimate of drug-likeness (QED) is 0.477. The molecular weight excluding hydrogens is 308 g/mol. The molecule has 1 atom stereocenters. The first kappa shape index (κ1) is 18.2. The van der Waals surface area contributed by atoms with Crippen molar-refractivity contribution in [3.05, 3.63) is 36.4 Å². The molecule has 0 aromatic carbocycles. The second kappa shape index (κ2) is 9.99. The van der Waals surface area contributed by atoms with Crippen molar-refractivity contribution in [3.8, 4) is 0 Å². The van der Waals surface area contributed by atoms with Gasteiger partial charge in [0.05, 0.1) is 6.54 Å². The summed E-state index contributed by atoms with van der Waals surface area (Å²) >= 11 is 1.52. The van der Waals surface area contributed by atoms with E-state index in [4.69, 9.17) is 5.11 Å². The molecular formula is C14H19FN3O3S. The number of hydrogen-bond donors (Lipinski definition) is 3. The van der Waals surface area contributed by atoms with E-state index in [9.17, 15) is 14.0 Å². The number of carboxylic acids is 1. The minimum Gasteiger partial charge on any atom is -0.481 e. The molecule has 6 nitrogen and oxygen atoms in total. The Bertz CT molecular complexity index is 502. The summed E-state index contributed by atoms with van der Waals surface area (Å²) in [5, 5.41) is 13.8. The van der Waals surface area contributed by atoms with Crippen molar-refractivity contribution < 1.29 is 19.1 Å². The van der Waals surface area contributed by atoms with E-state index in [1.165, 1.54) is 24.0 Å². The Labute approximate surface area is 132 Å². The number of thioether (sulfide) groups is 1. The maximum absolute atomic E-state index is 12.9. The van der Waals surface area contributed by atoms with Crippen LogP contribution >= 0.6 is 11.8 Å². The van der Waals surface area contributed by atoms with Crippen LogP contribution in [0.5, 0.6) is 0 Å². The molecule has 2 amide bonds. The fraction of sp³-hybridized carbons (Fsp3) is 0.429. The van der Waals surface area contributed by atoms with Gasteiger partial charge in [0.15, 0.2) is 0 Å². The highest BCUT2D eigenvalue weighted by molar-refractivity contribution is 7.98. The number of aromatic nitrogens is 1. The summed E-state index contributed by atoms with van der Waals surface area (Å²) in [5.74, 6) is -0.200. The zero-order chi connectivity index (χ0) is 16.4. The summed E-state index contributed by atoms with van der Waals surface area (Å²) in [6.07, 6.45) is 1.81. The Morgan fingerprint density at radius 3 is 3.00 bits per heavy atom. The molecule has 1 aromatic heterocycles. The predicted molar refractivity (Wildman–Crippen MR) is 82.7 cm³/mol. The van der Waals surface area contributed by atoms with Crippen LogP contribution in [0.25, 0.3) is 0 Å². The van der Waals surface area contributed by atoms with Crippen LogP contribution in [0.3, 0.4) is 0 Å². The standard InChI is InChI=1S/C14H19FN3O3S/c1-10(2-3-13(19)20)18-14(21)17-6-7-22-9-11-4-5-16-12(15)8-11/h4-6,8,10H,2-3,7,9H2,1H3,(H,19,20)(H2,17,18,21)/i15-1.